The maximum absolute atomic E-state index is 10.5. The third-order valence-corrected chi connectivity index (χ3v) is 3.11. The van der Waals surface area contributed by atoms with Crippen LogP contribution in [0.4, 0.5) is 0 Å². The number of carboxylic acid groups (broad SMARTS) is 1. The van der Waals surface area contributed by atoms with Gasteiger partial charge in [0.25, 0.3) is 0 Å². The molecule has 4 heteroatoms. The van der Waals surface area contributed by atoms with E-state index in [1.165, 1.54) is 44.9 Å². The van der Waals surface area contributed by atoms with E-state index < -0.39 is 5.97 Å². The minimum absolute atomic E-state index is 0. The third-order valence-electron chi connectivity index (χ3n) is 3.11. The molecule has 0 spiro atoms. The summed E-state index contributed by atoms with van der Waals surface area (Å²) in [6, 6.07) is 0.645. The number of carboxylic acids is 1. The zero-order valence-corrected chi connectivity index (χ0v) is 12.7. The number of hydrogen-bond acceptors (Lipinski definition) is 2. The fourth-order valence-corrected chi connectivity index (χ4v) is 2.35. The quantitative estimate of drug-likeness (QED) is 0.658. The van der Waals surface area contributed by atoms with Crippen molar-refractivity contribution in [2.75, 3.05) is 0 Å². The summed E-state index contributed by atoms with van der Waals surface area (Å²) in [6.07, 6.45) is 9.29. The van der Waals surface area contributed by atoms with E-state index in [2.05, 4.69) is 5.32 Å². The molecule has 0 amide bonds. The molecular weight excluding hydrogens is 213 g/mol. The SMILES string of the molecule is CC(CC(=O)O)NC1CCCCCCC1.[H-].[Na+]. The van der Waals surface area contributed by atoms with Crippen LogP contribution in [0.25, 0.3) is 0 Å². The van der Waals surface area contributed by atoms with Crippen LogP contribution < -0.4 is 34.9 Å². The monoisotopic (exact) mass is 237 g/mol. The third kappa shape index (κ3) is 7.66. The Balaban J connectivity index is 0. The normalized spacial score (nSPS) is 20.3. The summed E-state index contributed by atoms with van der Waals surface area (Å²) in [4.78, 5) is 10.5. The van der Waals surface area contributed by atoms with Gasteiger partial charge >= 0.3 is 35.5 Å². The summed E-state index contributed by atoms with van der Waals surface area (Å²) in [5.41, 5.74) is 0. The molecule has 1 fully saturated rings. The Kier molecular flexibility index (Phi) is 9.71. The summed E-state index contributed by atoms with van der Waals surface area (Å²) in [7, 11) is 0. The maximum Gasteiger partial charge on any atom is 1.00 e. The molecular formula is C12H24NNaO2. The molecule has 2 N–H and O–H groups in total. The van der Waals surface area contributed by atoms with Gasteiger partial charge in [0.15, 0.2) is 0 Å². The van der Waals surface area contributed by atoms with Crippen LogP contribution >= 0.6 is 0 Å². The first kappa shape index (κ1) is 16.4. The van der Waals surface area contributed by atoms with E-state index in [4.69, 9.17) is 5.11 Å². The minimum Gasteiger partial charge on any atom is -1.00 e. The fourth-order valence-electron chi connectivity index (χ4n) is 2.35. The number of aliphatic carboxylic acids is 1. The standard InChI is InChI=1S/C12H23NO2.Na.H/c1-10(9-12(14)15)13-11-7-5-3-2-4-6-8-11;;/h10-11,13H,2-9H2,1H3,(H,14,15);;/q;+1;-1. The van der Waals surface area contributed by atoms with Crippen molar-refractivity contribution in [3.63, 3.8) is 0 Å². The molecule has 1 rings (SSSR count). The van der Waals surface area contributed by atoms with Gasteiger partial charge in [0.1, 0.15) is 0 Å². The Labute approximate surface area is 122 Å². The predicted octanol–water partition coefficient (Wildman–Crippen LogP) is -0.331. The van der Waals surface area contributed by atoms with Gasteiger partial charge in [-0.1, -0.05) is 32.1 Å². The molecule has 16 heavy (non-hydrogen) atoms. The van der Waals surface area contributed by atoms with Gasteiger partial charge in [-0.05, 0) is 19.8 Å². The first-order valence-corrected chi connectivity index (χ1v) is 6.16. The van der Waals surface area contributed by atoms with Crippen molar-refractivity contribution in [2.45, 2.75) is 70.4 Å². The molecule has 1 atom stereocenters. The van der Waals surface area contributed by atoms with E-state index in [9.17, 15) is 4.79 Å². The Hall–Kier alpha value is 0.430. The molecule has 0 radical (unpaired) electrons. The van der Waals surface area contributed by atoms with E-state index >= 15 is 0 Å². The van der Waals surface area contributed by atoms with Gasteiger partial charge in [-0.25, -0.2) is 0 Å². The second-order valence-corrected chi connectivity index (χ2v) is 4.71. The van der Waals surface area contributed by atoms with Gasteiger partial charge < -0.3 is 11.8 Å². The second-order valence-electron chi connectivity index (χ2n) is 4.71. The number of rotatable bonds is 4. The Morgan fingerprint density at radius 3 is 2.31 bits per heavy atom. The minimum atomic E-state index is -0.708. The van der Waals surface area contributed by atoms with E-state index in [-0.39, 0.29) is 43.4 Å². The summed E-state index contributed by atoms with van der Waals surface area (Å²) in [5, 5.41) is 12.1. The Morgan fingerprint density at radius 2 is 1.81 bits per heavy atom. The van der Waals surface area contributed by atoms with Crippen LogP contribution in [-0.2, 0) is 4.79 Å². The predicted molar refractivity (Wildman–Crippen MR) is 62.1 cm³/mol. The van der Waals surface area contributed by atoms with E-state index in [0.29, 0.717) is 6.04 Å². The van der Waals surface area contributed by atoms with Crippen LogP contribution in [0.15, 0.2) is 0 Å². The fraction of sp³-hybridized carbons (Fsp3) is 0.917. The summed E-state index contributed by atoms with van der Waals surface area (Å²) < 4.78 is 0. The Bertz CT molecular complexity index is 197. The molecule has 3 nitrogen and oxygen atoms in total. The molecule has 1 saturated carbocycles. The summed E-state index contributed by atoms with van der Waals surface area (Å²) in [5.74, 6) is -0.708. The van der Waals surface area contributed by atoms with Crippen molar-refractivity contribution in [3.05, 3.63) is 0 Å². The van der Waals surface area contributed by atoms with E-state index in [1.807, 2.05) is 6.92 Å². The van der Waals surface area contributed by atoms with Gasteiger partial charge in [0, 0.05) is 12.1 Å². The van der Waals surface area contributed by atoms with Crippen LogP contribution in [0, 0.1) is 0 Å². The zero-order chi connectivity index (χ0) is 11.1. The van der Waals surface area contributed by atoms with Crippen LogP contribution in [0.5, 0.6) is 0 Å². The largest absolute Gasteiger partial charge is 1.00 e. The molecule has 0 aromatic heterocycles. The summed E-state index contributed by atoms with van der Waals surface area (Å²) in [6.45, 7) is 1.97. The summed E-state index contributed by atoms with van der Waals surface area (Å²) >= 11 is 0. The van der Waals surface area contributed by atoms with Crippen molar-refractivity contribution in [1.82, 2.24) is 5.32 Å². The first-order valence-electron chi connectivity index (χ1n) is 6.16. The van der Waals surface area contributed by atoms with Crippen LogP contribution in [-0.4, -0.2) is 23.2 Å². The molecule has 0 heterocycles. The molecule has 0 saturated heterocycles. The van der Waals surface area contributed by atoms with E-state index in [0.717, 1.165) is 0 Å². The second kappa shape index (κ2) is 9.46. The van der Waals surface area contributed by atoms with Crippen molar-refractivity contribution >= 4 is 5.97 Å². The maximum atomic E-state index is 10.5. The van der Waals surface area contributed by atoms with Gasteiger partial charge in [-0.3, -0.25) is 4.79 Å². The number of carbonyl (C=O) groups is 1. The van der Waals surface area contributed by atoms with Gasteiger partial charge in [-0.15, -0.1) is 0 Å². The molecule has 0 bridgehead atoms. The topological polar surface area (TPSA) is 49.3 Å². The van der Waals surface area contributed by atoms with Crippen LogP contribution in [0.2, 0.25) is 0 Å². The average molecular weight is 237 g/mol. The molecule has 0 aliphatic heterocycles. The van der Waals surface area contributed by atoms with Crippen molar-refractivity contribution < 1.29 is 40.9 Å². The smallest absolute Gasteiger partial charge is 1.00 e. The van der Waals surface area contributed by atoms with Crippen LogP contribution in [0.3, 0.4) is 0 Å². The molecule has 0 aromatic carbocycles. The molecule has 1 unspecified atom stereocenters. The van der Waals surface area contributed by atoms with Gasteiger partial charge in [0.05, 0.1) is 6.42 Å². The number of hydrogen-bond donors (Lipinski definition) is 2. The number of nitrogens with one attached hydrogen (secondary N) is 1. The molecule has 90 valence electrons. The molecule has 1 aliphatic carbocycles. The van der Waals surface area contributed by atoms with Gasteiger partial charge in [0.2, 0.25) is 0 Å². The van der Waals surface area contributed by atoms with Crippen molar-refractivity contribution in [3.8, 4) is 0 Å². The zero-order valence-electron chi connectivity index (χ0n) is 11.7. The molecule has 1 aliphatic rings. The average Bonchev–Trinajstić information content (AvgIpc) is 2.08. The van der Waals surface area contributed by atoms with Crippen molar-refractivity contribution in [2.24, 2.45) is 0 Å². The van der Waals surface area contributed by atoms with Gasteiger partial charge in [-0.2, -0.15) is 0 Å². The van der Waals surface area contributed by atoms with E-state index in [1.54, 1.807) is 0 Å². The molecule has 0 aromatic rings. The van der Waals surface area contributed by atoms with Crippen molar-refractivity contribution in [1.29, 1.82) is 0 Å². The first-order chi connectivity index (χ1) is 7.18. The van der Waals surface area contributed by atoms with Crippen LogP contribution in [0.1, 0.15) is 59.7 Å². The Morgan fingerprint density at radius 1 is 1.31 bits per heavy atom.